The van der Waals surface area contributed by atoms with Gasteiger partial charge < -0.3 is 5.11 Å². The van der Waals surface area contributed by atoms with Crippen LogP contribution in [0.3, 0.4) is 0 Å². The number of nitrogens with one attached hydrogen (secondary N) is 1. The topological polar surface area (TPSA) is 66.4 Å². The van der Waals surface area contributed by atoms with E-state index in [1.807, 2.05) is 12.1 Å². The van der Waals surface area contributed by atoms with E-state index in [0.29, 0.717) is 19.4 Å². The number of hydrogen-bond donors (Lipinski definition) is 2. The highest BCUT2D eigenvalue weighted by Crippen LogP contribution is 2.16. The average Bonchev–Trinajstić information content (AvgIpc) is 2.13. The molecular formula is C10H15NO3S. The molecule has 84 valence electrons. The quantitative estimate of drug-likeness (QED) is 0.736. The van der Waals surface area contributed by atoms with E-state index >= 15 is 0 Å². The van der Waals surface area contributed by atoms with Gasteiger partial charge in [0, 0.05) is 6.54 Å². The van der Waals surface area contributed by atoms with E-state index in [2.05, 4.69) is 4.72 Å². The van der Waals surface area contributed by atoms with Gasteiger partial charge in [-0.3, -0.25) is 0 Å². The van der Waals surface area contributed by atoms with Crippen molar-refractivity contribution in [1.29, 1.82) is 0 Å². The zero-order valence-electron chi connectivity index (χ0n) is 8.60. The van der Waals surface area contributed by atoms with E-state index < -0.39 is 10.0 Å². The SMILES string of the molecule is CS(=O)(=O)NCCCc1ccccc1O. The summed E-state index contributed by atoms with van der Waals surface area (Å²) >= 11 is 0. The molecular weight excluding hydrogens is 214 g/mol. The lowest BCUT2D eigenvalue weighted by Crippen LogP contribution is -2.23. The van der Waals surface area contributed by atoms with Crippen molar-refractivity contribution in [3.8, 4) is 5.75 Å². The number of benzene rings is 1. The highest BCUT2D eigenvalue weighted by molar-refractivity contribution is 7.88. The van der Waals surface area contributed by atoms with Gasteiger partial charge in [-0.15, -0.1) is 0 Å². The summed E-state index contributed by atoms with van der Waals surface area (Å²) in [5.41, 5.74) is 0.841. The first-order valence-electron chi connectivity index (χ1n) is 4.70. The zero-order valence-corrected chi connectivity index (χ0v) is 9.42. The molecule has 4 nitrogen and oxygen atoms in total. The van der Waals surface area contributed by atoms with Gasteiger partial charge in [-0.25, -0.2) is 13.1 Å². The van der Waals surface area contributed by atoms with Gasteiger partial charge >= 0.3 is 0 Å². The van der Waals surface area contributed by atoms with Gasteiger partial charge in [0.15, 0.2) is 0 Å². The average molecular weight is 229 g/mol. The summed E-state index contributed by atoms with van der Waals surface area (Å²) < 4.78 is 23.9. The molecule has 0 spiro atoms. The van der Waals surface area contributed by atoms with Crippen LogP contribution in [0.25, 0.3) is 0 Å². The van der Waals surface area contributed by atoms with Crippen LogP contribution >= 0.6 is 0 Å². The van der Waals surface area contributed by atoms with Crippen LogP contribution in [0.15, 0.2) is 24.3 Å². The number of phenols is 1. The minimum absolute atomic E-state index is 0.261. The normalized spacial score (nSPS) is 11.5. The molecule has 0 bridgehead atoms. The van der Waals surface area contributed by atoms with Crippen LogP contribution in [0.4, 0.5) is 0 Å². The van der Waals surface area contributed by atoms with Crippen LogP contribution in [-0.2, 0) is 16.4 Å². The molecule has 2 N–H and O–H groups in total. The molecule has 0 aliphatic heterocycles. The summed E-state index contributed by atoms with van der Waals surface area (Å²) in [6, 6.07) is 7.06. The second-order valence-corrected chi connectivity index (χ2v) is 5.23. The molecule has 0 aromatic heterocycles. The van der Waals surface area contributed by atoms with Crippen LogP contribution < -0.4 is 4.72 Å². The van der Waals surface area contributed by atoms with Gasteiger partial charge in [-0.05, 0) is 24.5 Å². The van der Waals surface area contributed by atoms with Gasteiger partial charge in [0.25, 0.3) is 0 Å². The van der Waals surface area contributed by atoms with E-state index in [-0.39, 0.29) is 5.75 Å². The first-order chi connectivity index (χ1) is 6.99. The monoisotopic (exact) mass is 229 g/mol. The molecule has 0 saturated carbocycles. The Morgan fingerprint density at radius 2 is 2.00 bits per heavy atom. The minimum atomic E-state index is -3.10. The largest absolute Gasteiger partial charge is 0.508 e. The van der Waals surface area contributed by atoms with Crippen molar-refractivity contribution in [3.05, 3.63) is 29.8 Å². The lowest BCUT2D eigenvalue weighted by atomic mass is 10.1. The van der Waals surface area contributed by atoms with Crippen LogP contribution in [-0.4, -0.2) is 26.3 Å². The standard InChI is InChI=1S/C10H15NO3S/c1-15(13,14)11-8-4-6-9-5-2-3-7-10(9)12/h2-3,5,7,11-12H,4,6,8H2,1H3. The maximum absolute atomic E-state index is 10.7. The van der Waals surface area contributed by atoms with Crippen LogP contribution in [0.1, 0.15) is 12.0 Å². The molecule has 0 amide bonds. The van der Waals surface area contributed by atoms with Crippen LogP contribution in [0, 0.1) is 0 Å². The first kappa shape index (κ1) is 12.0. The van der Waals surface area contributed by atoms with Crippen LogP contribution in [0.5, 0.6) is 5.75 Å². The van der Waals surface area contributed by atoms with Gasteiger partial charge in [-0.1, -0.05) is 18.2 Å². The van der Waals surface area contributed by atoms with Crippen molar-refractivity contribution < 1.29 is 13.5 Å². The first-order valence-corrected chi connectivity index (χ1v) is 6.60. The van der Waals surface area contributed by atoms with Crippen molar-refractivity contribution in [2.24, 2.45) is 0 Å². The Hall–Kier alpha value is -1.07. The zero-order chi connectivity index (χ0) is 11.3. The van der Waals surface area contributed by atoms with E-state index in [1.165, 1.54) is 0 Å². The molecule has 5 heteroatoms. The fourth-order valence-corrected chi connectivity index (χ4v) is 1.77. The molecule has 0 unspecified atom stereocenters. The number of aryl methyl sites for hydroxylation is 1. The molecule has 1 aromatic rings. The molecule has 0 saturated heterocycles. The fourth-order valence-electron chi connectivity index (χ4n) is 1.26. The third-order valence-corrected chi connectivity index (χ3v) is 2.71. The Labute approximate surface area is 90.0 Å². The molecule has 0 aliphatic carbocycles. The minimum Gasteiger partial charge on any atom is -0.508 e. The van der Waals surface area contributed by atoms with E-state index in [1.54, 1.807) is 12.1 Å². The Kier molecular flexibility index (Phi) is 4.11. The van der Waals surface area contributed by atoms with Crippen molar-refractivity contribution in [3.63, 3.8) is 0 Å². The highest BCUT2D eigenvalue weighted by atomic mass is 32.2. The van der Waals surface area contributed by atoms with Crippen molar-refractivity contribution in [2.45, 2.75) is 12.8 Å². The highest BCUT2D eigenvalue weighted by Gasteiger charge is 2.01. The third kappa shape index (κ3) is 4.80. The number of phenolic OH excluding ortho intramolecular Hbond substituents is 1. The Bertz CT molecular complexity index is 414. The number of para-hydroxylation sites is 1. The second kappa shape index (κ2) is 5.14. The Morgan fingerprint density at radius 1 is 1.33 bits per heavy atom. The van der Waals surface area contributed by atoms with Crippen molar-refractivity contribution in [1.82, 2.24) is 4.72 Å². The maximum Gasteiger partial charge on any atom is 0.208 e. The molecule has 0 fully saturated rings. The predicted molar refractivity (Wildman–Crippen MR) is 59.3 cm³/mol. The van der Waals surface area contributed by atoms with Crippen molar-refractivity contribution >= 4 is 10.0 Å². The summed E-state index contributed by atoms with van der Waals surface area (Å²) in [6.07, 6.45) is 2.47. The summed E-state index contributed by atoms with van der Waals surface area (Å²) in [5, 5.41) is 9.43. The summed E-state index contributed by atoms with van der Waals surface area (Å²) in [6.45, 7) is 0.396. The molecule has 0 aliphatic rings. The number of hydrogen-bond acceptors (Lipinski definition) is 3. The predicted octanol–water partition coefficient (Wildman–Crippen LogP) is 0.874. The van der Waals surface area contributed by atoms with Gasteiger partial charge in [-0.2, -0.15) is 0 Å². The number of sulfonamides is 1. The maximum atomic E-state index is 10.7. The van der Waals surface area contributed by atoms with Crippen molar-refractivity contribution in [2.75, 3.05) is 12.8 Å². The number of aromatic hydroxyl groups is 1. The van der Waals surface area contributed by atoms with E-state index in [0.717, 1.165) is 11.8 Å². The molecule has 0 heterocycles. The van der Waals surface area contributed by atoms with Gasteiger partial charge in [0.1, 0.15) is 5.75 Å². The van der Waals surface area contributed by atoms with E-state index in [4.69, 9.17) is 0 Å². The summed E-state index contributed by atoms with van der Waals surface area (Å²) in [7, 11) is -3.10. The lowest BCUT2D eigenvalue weighted by molar-refractivity contribution is 0.467. The second-order valence-electron chi connectivity index (χ2n) is 3.40. The van der Waals surface area contributed by atoms with Gasteiger partial charge in [0.05, 0.1) is 6.26 Å². The third-order valence-electron chi connectivity index (χ3n) is 1.98. The molecule has 1 rings (SSSR count). The lowest BCUT2D eigenvalue weighted by Gasteiger charge is -2.04. The smallest absolute Gasteiger partial charge is 0.208 e. The fraction of sp³-hybridized carbons (Fsp3) is 0.400. The van der Waals surface area contributed by atoms with Crippen LogP contribution in [0.2, 0.25) is 0 Å². The Morgan fingerprint density at radius 3 is 2.60 bits per heavy atom. The Balaban J connectivity index is 2.36. The van der Waals surface area contributed by atoms with Gasteiger partial charge in [0.2, 0.25) is 10.0 Å². The molecule has 15 heavy (non-hydrogen) atoms. The molecule has 0 radical (unpaired) electrons. The number of rotatable bonds is 5. The molecule has 1 aromatic carbocycles. The summed E-state index contributed by atoms with van der Waals surface area (Å²) in [4.78, 5) is 0. The molecule has 0 atom stereocenters. The summed E-state index contributed by atoms with van der Waals surface area (Å²) in [5.74, 6) is 0.261. The van der Waals surface area contributed by atoms with E-state index in [9.17, 15) is 13.5 Å².